The van der Waals surface area contributed by atoms with Crippen LogP contribution in [0.2, 0.25) is 0 Å². The highest BCUT2D eigenvalue weighted by Gasteiger charge is 2.32. The maximum Gasteiger partial charge on any atom is 0.259 e. The van der Waals surface area contributed by atoms with E-state index in [0.29, 0.717) is 34.6 Å². The Hall–Kier alpha value is -3.95. The second-order valence-corrected chi connectivity index (χ2v) is 10.5. The Morgan fingerprint density at radius 3 is 2.66 bits per heavy atom. The summed E-state index contributed by atoms with van der Waals surface area (Å²) in [6.45, 7) is 0. The van der Waals surface area contributed by atoms with E-state index < -0.39 is 0 Å². The Labute approximate surface area is 221 Å². The fraction of sp³-hybridized carbons (Fsp3) is 0.464. The van der Waals surface area contributed by atoms with Crippen molar-refractivity contribution in [3.05, 3.63) is 48.5 Å². The van der Waals surface area contributed by atoms with Crippen molar-refractivity contribution in [2.24, 2.45) is 5.92 Å². The highest BCUT2D eigenvalue weighted by molar-refractivity contribution is 6.09. The van der Waals surface area contributed by atoms with Crippen molar-refractivity contribution in [1.29, 1.82) is 0 Å². The molecule has 6 rings (SSSR count). The summed E-state index contributed by atoms with van der Waals surface area (Å²) in [4.78, 5) is 32.4. The van der Waals surface area contributed by atoms with Gasteiger partial charge in [0.2, 0.25) is 5.91 Å². The summed E-state index contributed by atoms with van der Waals surface area (Å²) in [5.41, 5.74) is 2.30. The van der Waals surface area contributed by atoms with Gasteiger partial charge in [0, 0.05) is 49.1 Å². The molecule has 1 aromatic carbocycles. The standard InChI is InChI=1S/C28H33N7O3/c1-33(28(37)18-6-3-4-7-18)20-8-10-21(11-9-20)35-17-19-14-22(25(38-2)15-23(19)32-35)27(36)31-24-16-30-34-13-5-12-29-26(24)34/h5,12-18,20-21H,3-4,6-11H2,1-2H3,(H,31,36). The average Bonchev–Trinajstić information content (AvgIpc) is 3.72. The summed E-state index contributed by atoms with van der Waals surface area (Å²) < 4.78 is 9.19. The van der Waals surface area contributed by atoms with Crippen LogP contribution < -0.4 is 10.1 Å². The molecule has 3 aromatic heterocycles. The van der Waals surface area contributed by atoms with Gasteiger partial charge in [-0.1, -0.05) is 12.8 Å². The quantitative estimate of drug-likeness (QED) is 0.406. The molecule has 0 aliphatic heterocycles. The van der Waals surface area contributed by atoms with Crippen LogP contribution in [0.4, 0.5) is 5.69 Å². The van der Waals surface area contributed by atoms with Gasteiger partial charge in [0.1, 0.15) is 11.4 Å². The molecule has 10 heteroatoms. The van der Waals surface area contributed by atoms with Crippen molar-refractivity contribution in [2.45, 2.75) is 63.5 Å². The van der Waals surface area contributed by atoms with Gasteiger partial charge in [-0.2, -0.15) is 10.2 Å². The van der Waals surface area contributed by atoms with Crippen molar-refractivity contribution in [1.82, 2.24) is 29.3 Å². The van der Waals surface area contributed by atoms with E-state index in [2.05, 4.69) is 15.4 Å². The van der Waals surface area contributed by atoms with Crippen LogP contribution in [0.5, 0.6) is 5.75 Å². The average molecular weight is 516 g/mol. The number of amides is 2. The number of carbonyl (C=O) groups excluding carboxylic acids is 2. The summed E-state index contributed by atoms with van der Waals surface area (Å²) in [6.07, 6.45) is 15.3. The number of aromatic nitrogens is 5. The fourth-order valence-corrected chi connectivity index (χ4v) is 6.06. The molecule has 2 amide bonds. The Morgan fingerprint density at radius 1 is 1.11 bits per heavy atom. The number of methoxy groups -OCH3 is 1. The van der Waals surface area contributed by atoms with Crippen LogP contribution in [-0.4, -0.2) is 61.3 Å². The van der Waals surface area contributed by atoms with Crippen molar-refractivity contribution in [2.75, 3.05) is 19.5 Å². The zero-order valence-electron chi connectivity index (χ0n) is 21.8. The Morgan fingerprint density at radius 2 is 1.89 bits per heavy atom. The van der Waals surface area contributed by atoms with Crippen LogP contribution in [-0.2, 0) is 4.79 Å². The van der Waals surface area contributed by atoms with E-state index in [1.54, 1.807) is 36.3 Å². The van der Waals surface area contributed by atoms with Crippen LogP contribution in [0, 0.1) is 5.92 Å². The van der Waals surface area contributed by atoms with Gasteiger partial charge >= 0.3 is 0 Å². The third kappa shape index (κ3) is 4.48. The molecule has 2 aliphatic carbocycles. The third-order valence-corrected chi connectivity index (χ3v) is 8.26. The van der Waals surface area contributed by atoms with Gasteiger partial charge in [0.15, 0.2) is 5.65 Å². The molecular weight excluding hydrogens is 482 g/mol. The first-order valence-corrected chi connectivity index (χ1v) is 13.4. The maximum atomic E-state index is 13.2. The number of rotatable bonds is 6. The molecule has 3 heterocycles. The number of anilines is 1. The number of fused-ring (bicyclic) bond motifs is 2. The lowest BCUT2D eigenvalue weighted by Crippen LogP contribution is -2.42. The van der Waals surface area contributed by atoms with Crippen molar-refractivity contribution < 1.29 is 14.3 Å². The molecule has 2 saturated carbocycles. The van der Waals surface area contributed by atoms with E-state index >= 15 is 0 Å². The number of ether oxygens (including phenoxy) is 1. The number of hydrogen-bond donors (Lipinski definition) is 1. The Bertz CT molecular complexity index is 1480. The minimum atomic E-state index is -0.299. The molecule has 4 aromatic rings. The van der Waals surface area contributed by atoms with E-state index in [-0.39, 0.29) is 17.9 Å². The molecule has 0 radical (unpaired) electrons. The van der Waals surface area contributed by atoms with E-state index in [4.69, 9.17) is 9.84 Å². The highest BCUT2D eigenvalue weighted by atomic mass is 16.5. The van der Waals surface area contributed by atoms with Gasteiger partial charge in [-0.3, -0.25) is 14.3 Å². The first-order chi connectivity index (χ1) is 18.5. The number of nitrogens with one attached hydrogen (secondary N) is 1. The second kappa shape index (κ2) is 10.1. The van der Waals surface area contributed by atoms with Crippen LogP contribution in [0.15, 0.2) is 43.0 Å². The monoisotopic (exact) mass is 515 g/mol. The number of benzene rings is 1. The Kier molecular flexibility index (Phi) is 6.47. The molecular formula is C28H33N7O3. The molecule has 0 spiro atoms. The summed E-state index contributed by atoms with van der Waals surface area (Å²) in [7, 11) is 3.53. The first-order valence-electron chi connectivity index (χ1n) is 13.4. The van der Waals surface area contributed by atoms with E-state index in [1.165, 1.54) is 12.8 Å². The van der Waals surface area contributed by atoms with Crippen LogP contribution in [0.1, 0.15) is 67.8 Å². The molecule has 2 aliphatic rings. The summed E-state index contributed by atoms with van der Waals surface area (Å²) >= 11 is 0. The lowest BCUT2D eigenvalue weighted by atomic mass is 9.89. The van der Waals surface area contributed by atoms with Crippen LogP contribution in [0.25, 0.3) is 16.6 Å². The fourth-order valence-electron chi connectivity index (χ4n) is 6.06. The highest BCUT2D eigenvalue weighted by Crippen LogP contribution is 2.35. The summed E-state index contributed by atoms with van der Waals surface area (Å²) in [6, 6.07) is 5.98. The Balaban J connectivity index is 1.17. The minimum absolute atomic E-state index is 0.222. The van der Waals surface area contributed by atoms with E-state index in [9.17, 15) is 9.59 Å². The van der Waals surface area contributed by atoms with Gasteiger partial charge < -0.3 is 15.0 Å². The van der Waals surface area contributed by atoms with Gasteiger partial charge in [-0.15, -0.1) is 0 Å². The van der Waals surface area contributed by atoms with Crippen molar-refractivity contribution in [3.63, 3.8) is 0 Å². The number of nitrogens with zero attached hydrogens (tertiary/aromatic N) is 6. The molecule has 38 heavy (non-hydrogen) atoms. The zero-order valence-corrected chi connectivity index (χ0v) is 21.8. The molecule has 198 valence electrons. The number of carbonyl (C=O) groups is 2. The van der Waals surface area contributed by atoms with E-state index in [0.717, 1.165) is 49.4 Å². The molecule has 2 fully saturated rings. The lowest BCUT2D eigenvalue weighted by Gasteiger charge is -2.36. The molecule has 0 atom stereocenters. The van der Waals surface area contributed by atoms with E-state index in [1.807, 2.05) is 35.0 Å². The van der Waals surface area contributed by atoms with Crippen molar-refractivity contribution in [3.8, 4) is 5.75 Å². The predicted octanol–water partition coefficient (Wildman–Crippen LogP) is 4.47. The predicted molar refractivity (Wildman–Crippen MR) is 143 cm³/mol. The minimum Gasteiger partial charge on any atom is -0.496 e. The lowest BCUT2D eigenvalue weighted by molar-refractivity contribution is -0.136. The van der Waals surface area contributed by atoms with Gasteiger partial charge in [0.25, 0.3) is 5.91 Å². The maximum absolute atomic E-state index is 13.2. The summed E-state index contributed by atoms with van der Waals surface area (Å²) in [5, 5.41) is 12.9. The topological polar surface area (TPSA) is 107 Å². The molecule has 0 saturated heterocycles. The van der Waals surface area contributed by atoms with Gasteiger partial charge in [-0.05, 0) is 50.7 Å². The molecule has 0 bridgehead atoms. The largest absolute Gasteiger partial charge is 0.496 e. The normalized spacial score (nSPS) is 20.2. The third-order valence-electron chi connectivity index (χ3n) is 8.26. The van der Waals surface area contributed by atoms with Gasteiger partial charge in [0.05, 0.1) is 30.4 Å². The SMILES string of the molecule is COc1cc2nn(C3CCC(N(C)C(=O)C4CCCC4)CC3)cc2cc1C(=O)Nc1cnn2cccnc12. The molecule has 0 unspecified atom stereocenters. The van der Waals surface area contributed by atoms with Gasteiger partial charge in [-0.25, -0.2) is 9.50 Å². The summed E-state index contributed by atoms with van der Waals surface area (Å²) in [5.74, 6) is 0.709. The molecule has 1 N–H and O–H groups in total. The zero-order chi connectivity index (χ0) is 26.2. The van der Waals surface area contributed by atoms with Crippen molar-refractivity contribution >= 4 is 34.1 Å². The molecule has 10 nitrogen and oxygen atoms in total. The van der Waals surface area contributed by atoms with Crippen LogP contribution >= 0.6 is 0 Å². The number of hydrogen-bond acceptors (Lipinski definition) is 6. The first kappa shape index (κ1) is 24.4. The second-order valence-electron chi connectivity index (χ2n) is 10.5. The van der Waals surface area contributed by atoms with Crippen LogP contribution in [0.3, 0.4) is 0 Å². The smallest absolute Gasteiger partial charge is 0.259 e.